The molecule has 0 bridgehead atoms. The Morgan fingerprint density at radius 1 is 1.60 bits per heavy atom. The molecule has 2 heterocycles. The topological polar surface area (TPSA) is 43.8 Å². The number of aromatic nitrogens is 2. The number of imidazole rings is 1. The Kier molecular flexibility index (Phi) is 3.07. The van der Waals surface area contributed by atoms with Crippen molar-refractivity contribution in [3.63, 3.8) is 0 Å². The molecule has 2 rings (SSSR count). The molecule has 1 atom stereocenters. The third-order valence-corrected chi connectivity index (χ3v) is 4.05. The third-order valence-electron chi connectivity index (χ3n) is 2.86. The third kappa shape index (κ3) is 2.37. The van der Waals surface area contributed by atoms with Crippen LogP contribution >= 0.6 is 11.8 Å². The molecule has 1 aliphatic heterocycles. The van der Waals surface area contributed by atoms with Gasteiger partial charge >= 0.3 is 0 Å². The summed E-state index contributed by atoms with van der Waals surface area (Å²) >= 11 is 2.03. The smallest absolute Gasteiger partial charge is 0.0951 e. The quantitative estimate of drug-likeness (QED) is 0.838. The van der Waals surface area contributed by atoms with Gasteiger partial charge in [0.05, 0.1) is 17.6 Å². The van der Waals surface area contributed by atoms with E-state index in [1.54, 1.807) is 0 Å². The summed E-state index contributed by atoms with van der Waals surface area (Å²) in [4.78, 5) is 4.24. The number of nitrogens with zero attached hydrogens (tertiary/aromatic N) is 2. The van der Waals surface area contributed by atoms with Crippen molar-refractivity contribution in [3.8, 4) is 0 Å². The molecular formula is C11H19N3S. The zero-order valence-electron chi connectivity index (χ0n) is 9.44. The fourth-order valence-corrected chi connectivity index (χ4v) is 3.17. The monoisotopic (exact) mass is 225 g/mol. The predicted molar refractivity (Wildman–Crippen MR) is 65.0 cm³/mol. The van der Waals surface area contributed by atoms with Gasteiger partial charge < -0.3 is 10.3 Å². The van der Waals surface area contributed by atoms with Crippen LogP contribution < -0.4 is 5.73 Å². The molecule has 2 N–H and O–H groups in total. The molecule has 0 aromatic carbocycles. The number of hydrogen-bond donors (Lipinski definition) is 1. The van der Waals surface area contributed by atoms with Crippen molar-refractivity contribution in [2.24, 2.45) is 5.73 Å². The van der Waals surface area contributed by atoms with E-state index in [2.05, 4.69) is 9.55 Å². The standard InChI is InChI=1S/C11H19N3S/c1-11(2,12)10-6-13-8-14(10)9-4-3-5-15-7-9/h6,8-9H,3-5,7,12H2,1-2H3. The number of hydrogen-bond acceptors (Lipinski definition) is 3. The normalized spacial score (nSPS) is 23.0. The van der Waals surface area contributed by atoms with E-state index in [1.807, 2.05) is 38.1 Å². The van der Waals surface area contributed by atoms with Gasteiger partial charge in [-0.3, -0.25) is 0 Å². The molecule has 3 nitrogen and oxygen atoms in total. The minimum Gasteiger partial charge on any atom is -0.329 e. The summed E-state index contributed by atoms with van der Waals surface area (Å²) in [7, 11) is 0. The maximum Gasteiger partial charge on any atom is 0.0951 e. The van der Waals surface area contributed by atoms with Gasteiger partial charge in [0.1, 0.15) is 0 Å². The van der Waals surface area contributed by atoms with Gasteiger partial charge in [0, 0.05) is 18.0 Å². The Hall–Kier alpha value is -0.480. The van der Waals surface area contributed by atoms with Gasteiger partial charge in [-0.25, -0.2) is 4.98 Å². The number of nitrogens with two attached hydrogens (primary N) is 1. The van der Waals surface area contributed by atoms with Crippen molar-refractivity contribution in [2.45, 2.75) is 38.3 Å². The summed E-state index contributed by atoms with van der Waals surface area (Å²) in [5.74, 6) is 2.49. The molecule has 1 aromatic rings. The summed E-state index contributed by atoms with van der Waals surface area (Å²) in [6.45, 7) is 4.08. The van der Waals surface area contributed by atoms with Gasteiger partial charge in [-0.05, 0) is 32.4 Å². The molecule has 1 unspecified atom stereocenters. The molecular weight excluding hydrogens is 206 g/mol. The molecule has 0 saturated carbocycles. The lowest BCUT2D eigenvalue weighted by molar-refractivity contribution is 0.430. The zero-order chi connectivity index (χ0) is 10.9. The van der Waals surface area contributed by atoms with Crippen LogP contribution in [0.4, 0.5) is 0 Å². The van der Waals surface area contributed by atoms with Crippen molar-refractivity contribution in [1.29, 1.82) is 0 Å². The van der Waals surface area contributed by atoms with E-state index in [4.69, 9.17) is 5.73 Å². The molecule has 0 aliphatic carbocycles. The lowest BCUT2D eigenvalue weighted by Gasteiger charge is -2.28. The molecule has 1 fully saturated rings. The Balaban J connectivity index is 2.24. The van der Waals surface area contributed by atoms with Crippen molar-refractivity contribution in [1.82, 2.24) is 9.55 Å². The highest BCUT2D eigenvalue weighted by molar-refractivity contribution is 7.99. The van der Waals surface area contributed by atoms with Crippen molar-refractivity contribution in [3.05, 3.63) is 18.2 Å². The van der Waals surface area contributed by atoms with E-state index in [-0.39, 0.29) is 5.54 Å². The van der Waals surface area contributed by atoms with E-state index < -0.39 is 0 Å². The van der Waals surface area contributed by atoms with E-state index in [9.17, 15) is 0 Å². The summed E-state index contributed by atoms with van der Waals surface area (Å²) in [5.41, 5.74) is 7.00. The lowest BCUT2D eigenvalue weighted by Crippen LogP contribution is -2.33. The Morgan fingerprint density at radius 2 is 2.40 bits per heavy atom. The second-order valence-electron chi connectivity index (χ2n) is 4.78. The Labute approximate surface area is 95.4 Å². The largest absolute Gasteiger partial charge is 0.329 e. The van der Waals surface area contributed by atoms with E-state index in [0.717, 1.165) is 5.69 Å². The number of rotatable bonds is 2. The van der Waals surface area contributed by atoms with E-state index in [1.165, 1.54) is 24.3 Å². The minimum atomic E-state index is -0.293. The fourth-order valence-electron chi connectivity index (χ4n) is 2.04. The Morgan fingerprint density at radius 3 is 3.00 bits per heavy atom. The van der Waals surface area contributed by atoms with Crippen molar-refractivity contribution >= 4 is 11.8 Å². The van der Waals surface area contributed by atoms with Crippen LogP contribution in [0.2, 0.25) is 0 Å². The highest BCUT2D eigenvalue weighted by Gasteiger charge is 2.24. The van der Waals surface area contributed by atoms with Crippen LogP contribution in [-0.2, 0) is 5.54 Å². The SMILES string of the molecule is CC(C)(N)c1cncn1C1CCCSC1. The Bertz CT molecular complexity index is 321. The first-order valence-corrected chi connectivity index (χ1v) is 6.63. The zero-order valence-corrected chi connectivity index (χ0v) is 10.3. The van der Waals surface area contributed by atoms with Crippen LogP contribution in [-0.4, -0.2) is 21.1 Å². The number of thioether (sulfide) groups is 1. The van der Waals surface area contributed by atoms with Crippen LogP contribution in [0, 0.1) is 0 Å². The highest BCUT2D eigenvalue weighted by atomic mass is 32.2. The summed E-state index contributed by atoms with van der Waals surface area (Å²) < 4.78 is 2.27. The first-order valence-electron chi connectivity index (χ1n) is 5.48. The molecule has 0 radical (unpaired) electrons. The second kappa shape index (κ2) is 4.18. The van der Waals surface area contributed by atoms with Crippen molar-refractivity contribution in [2.75, 3.05) is 11.5 Å². The molecule has 15 heavy (non-hydrogen) atoms. The molecule has 0 spiro atoms. The maximum atomic E-state index is 6.14. The highest BCUT2D eigenvalue weighted by Crippen LogP contribution is 2.30. The molecule has 1 aromatic heterocycles. The van der Waals surface area contributed by atoms with Gasteiger partial charge in [0.15, 0.2) is 0 Å². The van der Waals surface area contributed by atoms with Gasteiger partial charge in [-0.2, -0.15) is 11.8 Å². The van der Waals surface area contributed by atoms with Gasteiger partial charge in [0.25, 0.3) is 0 Å². The molecule has 0 amide bonds. The molecule has 4 heteroatoms. The average Bonchev–Trinajstić information content (AvgIpc) is 2.67. The van der Waals surface area contributed by atoms with Crippen LogP contribution in [0.5, 0.6) is 0 Å². The predicted octanol–water partition coefficient (Wildman–Crippen LogP) is 2.15. The van der Waals surface area contributed by atoms with E-state index >= 15 is 0 Å². The average molecular weight is 225 g/mol. The summed E-state index contributed by atoms with van der Waals surface area (Å²) in [5, 5.41) is 0. The fraction of sp³-hybridized carbons (Fsp3) is 0.727. The molecule has 1 saturated heterocycles. The maximum absolute atomic E-state index is 6.14. The van der Waals surface area contributed by atoms with Crippen LogP contribution in [0.25, 0.3) is 0 Å². The van der Waals surface area contributed by atoms with Gasteiger partial charge in [-0.1, -0.05) is 0 Å². The first kappa shape index (κ1) is 11.0. The lowest BCUT2D eigenvalue weighted by atomic mass is 10.0. The van der Waals surface area contributed by atoms with Crippen LogP contribution in [0.1, 0.15) is 38.4 Å². The second-order valence-corrected chi connectivity index (χ2v) is 5.93. The van der Waals surface area contributed by atoms with E-state index in [0.29, 0.717) is 6.04 Å². The van der Waals surface area contributed by atoms with Crippen LogP contribution in [0.15, 0.2) is 12.5 Å². The molecule has 1 aliphatic rings. The van der Waals surface area contributed by atoms with Crippen LogP contribution in [0.3, 0.4) is 0 Å². The van der Waals surface area contributed by atoms with Gasteiger partial charge in [0.2, 0.25) is 0 Å². The van der Waals surface area contributed by atoms with Crippen molar-refractivity contribution < 1.29 is 0 Å². The summed E-state index contributed by atoms with van der Waals surface area (Å²) in [6.07, 6.45) is 6.39. The minimum absolute atomic E-state index is 0.293. The summed E-state index contributed by atoms with van der Waals surface area (Å²) in [6, 6.07) is 0.587. The molecule has 84 valence electrons. The first-order chi connectivity index (χ1) is 7.09. The van der Waals surface area contributed by atoms with Gasteiger partial charge in [-0.15, -0.1) is 0 Å².